The van der Waals surface area contributed by atoms with Gasteiger partial charge in [-0.1, -0.05) is 29.3 Å². The Morgan fingerprint density at radius 2 is 1.56 bits per heavy atom. The van der Waals surface area contributed by atoms with Gasteiger partial charge < -0.3 is 10.2 Å². The summed E-state index contributed by atoms with van der Waals surface area (Å²) in [5.74, 6) is -1.31. The highest BCUT2D eigenvalue weighted by atomic mass is 35.5. The van der Waals surface area contributed by atoms with Crippen molar-refractivity contribution in [3.05, 3.63) is 57.3 Å². The molecule has 214 valence electrons. The number of nitrogens with zero attached hydrogens (tertiary/aromatic N) is 3. The molecule has 2 aromatic rings. The molecule has 2 aliphatic heterocycles. The summed E-state index contributed by atoms with van der Waals surface area (Å²) in [5, 5.41) is 3.12. The highest BCUT2D eigenvalue weighted by Crippen LogP contribution is 2.36. The van der Waals surface area contributed by atoms with Crippen molar-refractivity contribution in [3.63, 3.8) is 0 Å². The molecule has 1 N–H and O–H groups in total. The SMILES string of the molecule is O=C(Nc1cc(Cl)c(Cl)cc1N1CCN(CCC(F)(F)F)CC1)c1ccc(CN2CCS(=O)(=O)CC2)cc1F. The molecule has 0 radical (unpaired) electrons. The molecule has 0 saturated carbocycles. The summed E-state index contributed by atoms with van der Waals surface area (Å²) < 4.78 is 75.9. The average molecular weight is 611 g/mol. The molecule has 0 spiro atoms. The third-order valence-electron chi connectivity index (χ3n) is 6.83. The lowest BCUT2D eigenvalue weighted by Gasteiger charge is -2.37. The normalized spacial score (nSPS) is 18.8. The summed E-state index contributed by atoms with van der Waals surface area (Å²) in [6.07, 6.45) is -5.10. The Kier molecular flexibility index (Phi) is 9.32. The van der Waals surface area contributed by atoms with Crippen LogP contribution in [0.3, 0.4) is 0 Å². The largest absolute Gasteiger partial charge is 0.390 e. The molecular weight excluding hydrogens is 583 g/mol. The van der Waals surface area contributed by atoms with E-state index in [1.807, 2.05) is 9.80 Å². The van der Waals surface area contributed by atoms with Crippen molar-refractivity contribution in [2.75, 3.05) is 67.5 Å². The van der Waals surface area contributed by atoms with Crippen LogP contribution in [0.4, 0.5) is 28.9 Å². The third-order valence-corrected chi connectivity index (χ3v) is 9.16. The number of hydrogen-bond acceptors (Lipinski definition) is 6. The molecule has 0 bridgehead atoms. The fourth-order valence-corrected chi connectivity index (χ4v) is 6.19. The quantitative estimate of drug-likeness (QED) is 0.459. The van der Waals surface area contributed by atoms with E-state index >= 15 is 0 Å². The molecule has 0 unspecified atom stereocenters. The zero-order chi connectivity index (χ0) is 28.4. The minimum Gasteiger partial charge on any atom is -0.367 e. The van der Waals surface area contributed by atoms with Crippen LogP contribution in [-0.4, -0.2) is 87.6 Å². The maximum absolute atomic E-state index is 15.0. The maximum Gasteiger partial charge on any atom is 0.390 e. The fraction of sp³-hybridized carbons (Fsp3) is 0.480. The molecule has 2 saturated heterocycles. The first-order valence-electron chi connectivity index (χ1n) is 12.4. The standard InChI is InChI=1S/C25H28Cl2F4N4O3S/c26-19-14-22(23(15-20(19)27)35-7-5-33(6-8-35)4-3-25(29,30)31)32-24(36)18-2-1-17(13-21(18)28)16-34-9-11-39(37,38)12-10-34/h1-2,13-15H,3-12,16H2,(H,32,36). The Balaban J connectivity index is 1.43. The first kappa shape index (κ1) is 29.9. The van der Waals surface area contributed by atoms with Gasteiger partial charge in [0.2, 0.25) is 0 Å². The van der Waals surface area contributed by atoms with Crippen molar-refractivity contribution < 1.29 is 30.8 Å². The van der Waals surface area contributed by atoms with Crippen LogP contribution in [0.1, 0.15) is 22.3 Å². The Hall–Kier alpha value is -2.12. The van der Waals surface area contributed by atoms with E-state index in [0.717, 1.165) is 0 Å². The van der Waals surface area contributed by atoms with Gasteiger partial charge in [-0.25, -0.2) is 12.8 Å². The number of halogens is 6. The first-order valence-corrected chi connectivity index (χ1v) is 14.9. The highest BCUT2D eigenvalue weighted by molar-refractivity contribution is 7.91. The van der Waals surface area contributed by atoms with Crippen LogP contribution in [0.2, 0.25) is 10.0 Å². The van der Waals surface area contributed by atoms with Gasteiger partial charge in [0.25, 0.3) is 5.91 Å². The number of nitrogens with one attached hydrogen (secondary N) is 1. The molecule has 0 aliphatic carbocycles. The van der Waals surface area contributed by atoms with E-state index in [1.165, 1.54) is 18.2 Å². The van der Waals surface area contributed by atoms with Gasteiger partial charge in [0.05, 0.1) is 44.9 Å². The van der Waals surface area contributed by atoms with Gasteiger partial charge in [0.15, 0.2) is 9.84 Å². The second-order valence-corrected chi connectivity index (χ2v) is 12.8. The van der Waals surface area contributed by atoms with Crippen LogP contribution in [0.5, 0.6) is 0 Å². The van der Waals surface area contributed by atoms with Crippen molar-refractivity contribution in [1.82, 2.24) is 9.80 Å². The van der Waals surface area contributed by atoms with Crippen LogP contribution in [0.15, 0.2) is 30.3 Å². The van der Waals surface area contributed by atoms with Crippen molar-refractivity contribution in [2.24, 2.45) is 0 Å². The number of rotatable bonds is 7. The van der Waals surface area contributed by atoms with E-state index in [9.17, 15) is 30.8 Å². The second-order valence-electron chi connectivity index (χ2n) is 9.67. The molecule has 0 aromatic heterocycles. The predicted molar refractivity (Wildman–Crippen MR) is 144 cm³/mol. The molecule has 4 rings (SSSR count). The van der Waals surface area contributed by atoms with Crippen LogP contribution >= 0.6 is 23.2 Å². The topological polar surface area (TPSA) is 73.0 Å². The number of carbonyl (C=O) groups is 1. The number of benzene rings is 2. The zero-order valence-corrected chi connectivity index (χ0v) is 23.2. The van der Waals surface area contributed by atoms with E-state index in [0.29, 0.717) is 62.8 Å². The van der Waals surface area contributed by atoms with E-state index < -0.39 is 34.2 Å². The molecule has 1 amide bonds. The van der Waals surface area contributed by atoms with Crippen molar-refractivity contribution in [3.8, 4) is 0 Å². The summed E-state index contributed by atoms with van der Waals surface area (Å²) in [6, 6.07) is 7.29. The van der Waals surface area contributed by atoms with Crippen LogP contribution in [0.25, 0.3) is 0 Å². The molecule has 14 heteroatoms. The number of alkyl halides is 3. The lowest BCUT2D eigenvalue weighted by atomic mass is 10.1. The Labute approximate surface area is 234 Å². The number of anilines is 2. The van der Waals surface area contributed by atoms with Gasteiger partial charge in [-0.2, -0.15) is 13.2 Å². The average Bonchev–Trinajstić information content (AvgIpc) is 2.86. The number of piperazine rings is 1. The lowest BCUT2D eigenvalue weighted by Crippen LogP contribution is -2.47. The maximum atomic E-state index is 15.0. The summed E-state index contributed by atoms with van der Waals surface area (Å²) >= 11 is 12.4. The van der Waals surface area contributed by atoms with Crippen molar-refractivity contribution >= 4 is 50.3 Å². The molecular formula is C25H28Cl2F4N4O3S. The second kappa shape index (κ2) is 12.2. The first-order chi connectivity index (χ1) is 18.3. The third kappa shape index (κ3) is 8.20. The monoisotopic (exact) mass is 610 g/mol. The van der Waals surface area contributed by atoms with Crippen LogP contribution in [-0.2, 0) is 16.4 Å². The van der Waals surface area contributed by atoms with Gasteiger partial charge in [0, 0.05) is 52.4 Å². The molecule has 2 fully saturated rings. The van der Waals surface area contributed by atoms with Crippen molar-refractivity contribution in [1.29, 1.82) is 0 Å². The summed E-state index contributed by atoms with van der Waals surface area (Å²) in [5.41, 5.74) is 1.26. The number of carbonyl (C=O) groups excluding carboxylic acids is 1. The van der Waals surface area contributed by atoms with Gasteiger partial charge >= 0.3 is 6.18 Å². The molecule has 2 aromatic carbocycles. The number of sulfone groups is 1. The Morgan fingerprint density at radius 3 is 2.18 bits per heavy atom. The van der Waals surface area contributed by atoms with Crippen molar-refractivity contribution in [2.45, 2.75) is 19.1 Å². The lowest BCUT2D eigenvalue weighted by molar-refractivity contribution is -0.138. The molecule has 7 nitrogen and oxygen atoms in total. The summed E-state index contributed by atoms with van der Waals surface area (Å²) in [4.78, 5) is 18.6. The van der Waals surface area contributed by atoms with Gasteiger partial charge in [-0.05, 0) is 29.8 Å². The molecule has 2 aliphatic rings. The van der Waals surface area contributed by atoms with E-state index in [1.54, 1.807) is 17.0 Å². The number of amides is 1. The van der Waals surface area contributed by atoms with Gasteiger partial charge in [-0.15, -0.1) is 0 Å². The molecule has 2 heterocycles. The van der Waals surface area contributed by atoms with E-state index in [-0.39, 0.29) is 33.7 Å². The minimum atomic E-state index is -4.22. The van der Waals surface area contributed by atoms with Crippen LogP contribution in [0, 0.1) is 5.82 Å². The summed E-state index contributed by atoms with van der Waals surface area (Å²) in [7, 11) is -3.03. The Bertz CT molecular complexity index is 1310. The van der Waals surface area contributed by atoms with Gasteiger partial charge in [0.1, 0.15) is 5.82 Å². The molecule has 39 heavy (non-hydrogen) atoms. The highest BCUT2D eigenvalue weighted by Gasteiger charge is 2.29. The van der Waals surface area contributed by atoms with E-state index in [2.05, 4.69) is 5.32 Å². The van der Waals surface area contributed by atoms with E-state index in [4.69, 9.17) is 23.2 Å². The zero-order valence-electron chi connectivity index (χ0n) is 20.9. The molecule has 0 atom stereocenters. The minimum absolute atomic E-state index is 0.0601. The number of hydrogen-bond donors (Lipinski definition) is 1. The van der Waals surface area contributed by atoms with Crippen LogP contribution < -0.4 is 10.2 Å². The smallest absolute Gasteiger partial charge is 0.367 e. The summed E-state index contributed by atoms with van der Waals surface area (Å²) in [6.45, 7) is 2.59. The fourth-order valence-electron chi connectivity index (χ4n) is 4.59. The Morgan fingerprint density at radius 1 is 0.923 bits per heavy atom. The predicted octanol–water partition coefficient (Wildman–Crippen LogP) is 4.69. The van der Waals surface area contributed by atoms with Gasteiger partial charge in [-0.3, -0.25) is 14.6 Å².